The van der Waals surface area contributed by atoms with Crippen LogP contribution in [-0.2, 0) is 6.42 Å². The van der Waals surface area contributed by atoms with Crippen molar-refractivity contribution in [1.29, 1.82) is 0 Å². The number of unbranched alkanes of at least 4 members (excludes halogenated alkanes) is 1. The van der Waals surface area contributed by atoms with Crippen molar-refractivity contribution in [3.05, 3.63) is 82.1 Å². The van der Waals surface area contributed by atoms with Gasteiger partial charge in [-0.25, -0.2) is 0 Å². The molecule has 25 heavy (non-hydrogen) atoms. The van der Waals surface area contributed by atoms with Crippen LogP contribution >= 0.6 is 0 Å². The predicted octanol–water partition coefficient (Wildman–Crippen LogP) is 5.22. The highest BCUT2D eigenvalue weighted by Crippen LogP contribution is 2.42. The summed E-state index contributed by atoms with van der Waals surface area (Å²) in [5.41, 5.74) is 7.58. The average molecular weight is 347 g/mol. The number of allylic oxidation sites excluding steroid dienone is 4. The van der Waals surface area contributed by atoms with Gasteiger partial charge in [0, 0.05) is 5.92 Å². The fourth-order valence-corrected chi connectivity index (χ4v) is 5.99. The third-order valence-corrected chi connectivity index (χ3v) is 8.04. The zero-order chi connectivity index (χ0) is 17.8. The molecule has 3 rings (SSSR count). The maximum absolute atomic E-state index is 2.38. The average Bonchev–Trinajstić information content (AvgIpc) is 2.85. The van der Waals surface area contributed by atoms with Crippen LogP contribution in [0, 0.1) is 5.92 Å². The van der Waals surface area contributed by atoms with Crippen LogP contribution in [0.5, 0.6) is 0 Å². The number of hydrogen-bond donors (Lipinski definition) is 0. The standard InChI is InChI=1S/C24H30Si/c1-5-6-10-20-13-15-21(16-14-20)23-17(2)18(3)24(19(23)4)25-22-11-8-7-9-12-22/h7-9,11-17H,5-6,10,25H2,1-4H3. The van der Waals surface area contributed by atoms with E-state index in [1.165, 1.54) is 30.4 Å². The predicted molar refractivity (Wildman–Crippen MR) is 114 cm³/mol. The van der Waals surface area contributed by atoms with Crippen molar-refractivity contribution < 1.29 is 0 Å². The molecular weight excluding hydrogens is 316 g/mol. The maximum Gasteiger partial charge on any atom is 0.0878 e. The quantitative estimate of drug-likeness (QED) is 0.629. The first-order valence-corrected chi connectivity index (χ1v) is 11.1. The van der Waals surface area contributed by atoms with Crippen molar-refractivity contribution in [1.82, 2.24) is 0 Å². The van der Waals surface area contributed by atoms with Crippen molar-refractivity contribution in [2.24, 2.45) is 5.92 Å². The second kappa shape index (κ2) is 8.01. The number of benzene rings is 2. The van der Waals surface area contributed by atoms with E-state index in [-0.39, 0.29) is 0 Å². The van der Waals surface area contributed by atoms with Crippen LogP contribution in [0.15, 0.2) is 70.9 Å². The summed E-state index contributed by atoms with van der Waals surface area (Å²) in [6.45, 7) is 9.33. The molecule has 0 saturated carbocycles. The molecule has 1 aliphatic rings. The molecule has 0 nitrogen and oxygen atoms in total. The number of rotatable bonds is 6. The van der Waals surface area contributed by atoms with Gasteiger partial charge < -0.3 is 0 Å². The van der Waals surface area contributed by atoms with Crippen LogP contribution in [0.25, 0.3) is 5.57 Å². The van der Waals surface area contributed by atoms with Gasteiger partial charge in [0.25, 0.3) is 0 Å². The molecule has 1 aliphatic carbocycles. The SMILES string of the molecule is CCCCc1ccc(C2=C(C)C([SiH2]c3ccccc3)=C(C)C2C)cc1. The van der Waals surface area contributed by atoms with E-state index in [0.29, 0.717) is 5.92 Å². The molecule has 0 spiro atoms. The van der Waals surface area contributed by atoms with Crippen LogP contribution in [0.3, 0.4) is 0 Å². The van der Waals surface area contributed by atoms with Gasteiger partial charge in [-0.15, -0.1) is 0 Å². The Balaban J connectivity index is 1.86. The van der Waals surface area contributed by atoms with Crippen molar-refractivity contribution in [2.75, 3.05) is 0 Å². The highest BCUT2D eigenvalue weighted by Gasteiger charge is 2.26. The Morgan fingerprint density at radius 1 is 0.920 bits per heavy atom. The molecule has 0 radical (unpaired) electrons. The van der Waals surface area contributed by atoms with Gasteiger partial charge in [-0.2, -0.15) is 0 Å². The summed E-state index contributed by atoms with van der Waals surface area (Å²) < 4.78 is 0. The largest absolute Gasteiger partial charge is 0.0878 e. The van der Waals surface area contributed by atoms with Crippen molar-refractivity contribution in [3.8, 4) is 0 Å². The van der Waals surface area contributed by atoms with E-state index in [4.69, 9.17) is 0 Å². The fraction of sp³-hybridized carbons (Fsp3) is 0.333. The molecule has 130 valence electrons. The van der Waals surface area contributed by atoms with Crippen LogP contribution in [0.4, 0.5) is 0 Å². The maximum atomic E-state index is 2.38. The van der Waals surface area contributed by atoms with E-state index in [9.17, 15) is 0 Å². The van der Waals surface area contributed by atoms with E-state index >= 15 is 0 Å². The Kier molecular flexibility index (Phi) is 5.75. The fourth-order valence-electron chi connectivity index (χ4n) is 4.03. The summed E-state index contributed by atoms with van der Waals surface area (Å²) in [4.78, 5) is 0. The Bertz CT molecular complexity index is 779. The Labute approximate surface area is 155 Å². The molecule has 0 bridgehead atoms. The first kappa shape index (κ1) is 17.9. The zero-order valence-electron chi connectivity index (χ0n) is 16.1. The van der Waals surface area contributed by atoms with Gasteiger partial charge in [0.15, 0.2) is 0 Å². The van der Waals surface area contributed by atoms with Gasteiger partial charge >= 0.3 is 0 Å². The van der Waals surface area contributed by atoms with E-state index in [1.54, 1.807) is 27.1 Å². The molecule has 0 N–H and O–H groups in total. The van der Waals surface area contributed by atoms with Gasteiger partial charge in [0.1, 0.15) is 0 Å². The monoisotopic (exact) mass is 346 g/mol. The van der Waals surface area contributed by atoms with E-state index in [1.807, 2.05) is 0 Å². The Morgan fingerprint density at radius 2 is 1.60 bits per heavy atom. The molecule has 1 atom stereocenters. The Hall–Kier alpha value is -1.86. The molecule has 0 aromatic heterocycles. The van der Waals surface area contributed by atoms with Crippen molar-refractivity contribution in [3.63, 3.8) is 0 Å². The highest BCUT2D eigenvalue weighted by molar-refractivity contribution is 6.62. The molecule has 1 unspecified atom stereocenters. The topological polar surface area (TPSA) is 0 Å². The van der Waals surface area contributed by atoms with Gasteiger partial charge in [-0.05, 0) is 49.0 Å². The summed E-state index contributed by atoms with van der Waals surface area (Å²) in [7, 11) is -0.396. The normalized spacial score (nSPS) is 18.0. The van der Waals surface area contributed by atoms with E-state index in [2.05, 4.69) is 82.3 Å². The second-order valence-electron chi connectivity index (χ2n) is 7.38. The van der Waals surface area contributed by atoms with Crippen LogP contribution < -0.4 is 5.19 Å². The molecule has 0 heterocycles. The smallest absolute Gasteiger partial charge is 0.0668 e. The molecular formula is C24H30Si. The van der Waals surface area contributed by atoms with Gasteiger partial charge in [0.2, 0.25) is 0 Å². The molecule has 1 heteroatoms. The summed E-state index contributed by atoms with van der Waals surface area (Å²) in [5, 5.41) is 3.21. The summed E-state index contributed by atoms with van der Waals surface area (Å²) in [6, 6.07) is 20.4. The molecule has 0 amide bonds. The van der Waals surface area contributed by atoms with Crippen molar-refractivity contribution >= 4 is 20.3 Å². The summed E-state index contributed by atoms with van der Waals surface area (Å²) in [5.74, 6) is 0.549. The minimum absolute atomic E-state index is 0.396. The minimum Gasteiger partial charge on any atom is -0.0668 e. The van der Waals surface area contributed by atoms with Gasteiger partial charge in [-0.3, -0.25) is 0 Å². The molecule has 2 aromatic carbocycles. The van der Waals surface area contributed by atoms with Gasteiger partial charge in [-0.1, -0.05) is 90.8 Å². The first-order chi connectivity index (χ1) is 12.1. The number of aryl methyl sites for hydroxylation is 1. The lowest BCUT2D eigenvalue weighted by Crippen LogP contribution is -2.16. The van der Waals surface area contributed by atoms with E-state index in [0.717, 1.165) is 0 Å². The van der Waals surface area contributed by atoms with Gasteiger partial charge in [0.05, 0.1) is 9.52 Å². The lowest BCUT2D eigenvalue weighted by atomic mass is 9.91. The minimum atomic E-state index is -0.396. The van der Waals surface area contributed by atoms with Crippen LogP contribution in [0.2, 0.25) is 0 Å². The molecule has 2 aromatic rings. The van der Waals surface area contributed by atoms with Crippen LogP contribution in [-0.4, -0.2) is 9.52 Å². The second-order valence-corrected chi connectivity index (χ2v) is 9.26. The Morgan fingerprint density at radius 3 is 2.24 bits per heavy atom. The lowest BCUT2D eigenvalue weighted by molar-refractivity contribution is 0.795. The lowest BCUT2D eigenvalue weighted by Gasteiger charge is -2.13. The van der Waals surface area contributed by atoms with Crippen LogP contribution in [0.1, 0.15) is 51.7 Å². The van der Waals surface area contributed by atoms with E-state index < -0.39 is 9.52 Å². The molecule has 0 fully saturated rings. The zero-order valence-corrected chi connectivity index (χ0v) is 17.5. The highest BCUT2D eigenvalue weighted by atomic mass is 28.2. The first-order valence-electron chi connectivity index (χ1n) is 9.65. The summed E-state index contributed by atoms with van der Waals surface area (Å²) in [6.07, 6.45) is 3.75. The number of hydrogen-bond acceptors (Lipinski definition) is 0. The third kappa shape index (κ3) is 3.87. The van der Waals surface area contributed by atoms with Crippen molar-refractivity contribution in [2.45, 2.75) is 47.0 Å². The third-order valence-electron chi connectivity index (χ3n) is 5.72. The molecule has 0 aliphatic heterocycles. The molecule has 0 saturated heterocycles. The summed E-state index contributed by atoms with van der Waals surface area (Å²) >= 11 is 0.